The number of benzene rings is 2. The predicted molar refractivity (Wildman–Crippen MR) is 80.1 cm³/mol. The van der Waals surface area contributed by atoms with E-state index in [0.29, 0.717) is 6.10 Å². The molecule has 0 saturated heterocycles. The first-order valence-corrected chi connectivity index (χ1v) is 7.15. The molecule has 2 heteroatoms. The maximum Gasteiger partial charge on any atom is 0.119 e. The van der Waals surface area contributed by atoms with Gasteiger partial charge in [-0.3, -0.25) is 0 Å². The molecule has 1 saturated carbocycles. The fourth-order valence-corrected chi connectivity index (χ4v) is 2.23. The van der Waals surface area contributed by atoms with Crippen LogP contribution >= 0.6 is 0 Å². The van der Waals surface area contributed by atoms with Crippen LogP contribution in [-0.2, 0) is 0 Å². The molecular weight excluding hydrogens is 248 g/mol. The molecule has 0 spiro atoms. The first-order chi connectivity index (χ1) is 9.63. The summed E-state index contributed by atoms with van der Waals surface area (Å²) in [7, 11) is 0. The van der Waals surface area contributed by atoms with Crippen molar-refractivity contribution in [3.05, 3.63) is 64.7 Å². The van der Waals surface area contributed by atoms with Crippen molar-refractivity contribution < 1.29 is 9.84 Å². The topological polar surface area (TPSA) is 29.5 Å². The Morgan fingerprint density at radius 1 is 0.950 bits per heavy atom. The summed E-state index contributed by atoms with van der Waals surface area (Å²) in [6, 6.07) is 13.9. The largest absolute Gasteiger partial charge is 0.490 e. The molecule has 2 aromatic rings. The normalized spacial score (nSPS) is 15.9. The lowest BCUT2D eigenvalue weighted by molar-refractivity contribution is 0.220. The van der Waals surface area contributed by atoms with Gasteiger partial charge in [-0.05, 0) is 61.1 Å². The Bertz CT molecular complexity index is 597. The third-order valence-electron chi connectivity index (χ3n) is 3.87. The summed E-state index contributed by atoms with van der Waals surface area (Å²) in [5.74, 6) is 0.892. The van der Waals surface area contributed by atoms with E-state index in [1.165, 1.54) is 11.1 Å². The monoisotopic (exact) mass is 268 g/mol. The minimum atomic E-state index is -0.579. The smallest absolute Gasteiger partial charge is 0.119 e. The molecule has 104 valence electrons. The summed E-state index contributed by atoms with van der Waals surface area (Å²) in [6.45, 7) is 4.15. The molecule has 2 nitrogen and oxygen atoms in total. The van der Waals surface area contributed by atoms with Crippen molar-refractivity contribution in [1.82, 2.24) is 0 Å². The molecule has 1 unspecified atom stereocenters. The number of aryl methyl sites for hydroxylation is 2. The fraction of sp³-hybridized carbons (Fsp3) is 0.333. The molecule has 0 bridgehead atoms. The van der Waals surface area contributed by atoms with Gasteiger partial charge in [0.1, 0.15) is 11.9 Å². The van der Waals surface area contributed by atoms with Gasteiger partial charge in [0.15, 0.2) is 0 Å². The van der Waals surface area contributed by atoms with Gasteiger partial charge in [-0.25, -0.2) is 0 Å². The Morgan fingerprint density at radius 2 is 1.60 bits per heavy atom. The van der Waals surface area contributed by atoms with Gasteiger partial charge >= 0.3 is 0 Å². The lowest BCUT2D eigenvalue weighted by Gasteiger charge is -2.14. The lowest BCUT2D eigenvalue weighted by atomic mass is 9.98. The van der Waals surface area contributed by atoms with Crippen LogP contribution in [0.5, 0.6) is 5.75 Å². The molecular formula is C18H20O2. The third-order valence-corrected chi connectivity index (χ3v) is 3.87. The molecule has 0 amide bonds. The van der Waals surface area contributed by atoms with Gasteiger partial charge in [0.2, 0.25) is 0 Å². The van der Waals surface area contributed by atoms with E-state index in [2.05, 4.69) is 26.0 Å². The highest BCUT2D eigenvalue weighted by Crippen LogP contribution is 2.29. The van der Waals surface area contributed by atoms with E-state index in [1.807, 2.05) is 30.3 Å². The van der Waals surface area contributed by atoms with Crippen LogP contribution in [0.15, 0.2) is 42.5 Å². The minimum absolute atomic E-state index is 0.408. The minimum Gasteiger partial charge on any atom is -0.490 e. The Kier molecular flexibility index (Phi) is 3.49. The van der Waals surface area contributed by atoms with Crippen molar-refractivity contribution >= 4 is 0 Å². The SMILES string of the molecule is Cc1ccc(C(O)c2ccc(OC3CC3)cc2)cc1C. The Labute approximate surface area is 120 Å². The van der Waals surface area contributed by atoms with Gasteiger partial charge in [-0.1, -0.05) is 30.3 Å². The maximum atomic E-state index is 10.5. The molecule has 1 fully saturated rings. The van der Waals surface area contributed by atoms with Crippen molar-refractivity contribution in [3.63, 3.8) is 0 Å². The highest BCUT2D eigenvalue weighted by molar-refractivity contribution is 5.37. The first kappa shape index (κ1) is 13.2. The standard InChI is InChI=1S/C18H20O2/c1-12-3-4-15(11-13(12)2)18(19)14-5-7-16(8-6-14)20-17-9-10-17/h3-8,11,17-19H,9-10H2,1-2H3. The highest BCUT2D eigenvalue weighted by atomic mass is 16.5. The molecule has 1 atom stereocenters. The van der Waals surface area contributed by atoms with Gasteiger partial charge in [0.05, 0.1) is 6.10 Å². The van der Waals surface area contributed by atoms with E-state index in [0.717, 1.165) is 29.7 Å². The summed E-state index contributed by atoms with van der Waals surface area (Å²) in [5, 5.41) is 10.5. The number of ether oxygens (including phenoxy) is 1. The van der Waals surface area contributed by atoms with Crippen molar-refractivity contribution in [2.45, 2.75) is 38.9 Å². The van der Waals surface area contributed by atoms with Crippen LogP contribution in [0.3, 0.4) is 0 Å². The predicted octanol–water partition coefficient (Wildman–Crippen LogP) is 3.93. The number of rotatable bonds is 4. The summed E-state index contributed by atoms with van der Waals surface area (Å²) in [4.78, 5) is 0. The first-order valence-electron chi connectivity index (χ1n) is 7.15. The quantitative estimate of drug-likeness (QED) is 0.910. The average molecular weight is 268 g/mol. The molecule has 1 aliphatic rings. The second-order valence-electron chi connectivity index (χ2n) is 5.63. The molecule has 20 heavy (non-hydrogen) atoms. The van der Waals surface area contributed by atoms with Crippen molar-refractivity contribution in [2.75, 3.05) is 0 Å². The summed E-state index contributed by atoms with van der Waals surface area (Å²) < 4.78 is 5.72. The second-order valence-corrected chi connectivity index (χ2v) is 5.63. The summed E-state index contributed by atoms with van der Waals surface area (Å²) in [6.07, 6.45) is 2.15. The number of hydrogen-bond acceptors (Lipinski definition) is 2. The number of aliphatic hydroxyl groups excluding tert-OH is 1. The summed E-state index contributed by atoms with van der Waals surface area (Å²) >= 11 is 0. The Hall–Kier alpha value is -1.80. The van der Waals surface area contributed by atoms with Gasteiger partial charge in [0.25, 0.3) is 0 Å². The van der Waals surface area contributed by atoms with Gasteiger partial charge in [-0.2, -0.15) is 0 Å². The second kappa shape index (κ2) is 5.29. The van der Waals surface area contributed by atoms with Crippen LogP contribution in [0.4, 0.5) is 0 Å². The highest BCUT2D eigenvalue weighted by Gasteiger charge is 2.23. The van der Waals surface area contributed by atoms with E-state index in [9.17, 15) is 5.11 Å². The van der Waals surface area contributed by atoms with Crippen LogP contribution in [0.1, 0.15) is 41.2 Å². The van der Waals surface area contributed by atoms with E-state index in [-0.39, 0.29) is 0 Å². The van der Waals surface area contributed by atoms with Crippen molar-refractivity contribution in [1.29, 1.82) is 0 Å². The molecule has 0 radical (unpaired) electrons. The molecule has 0 aromatic heterocycles. The Morgan fingerprint density at radius 3 is 2.20 bits per heavy atom. The van der Waals surface area contributed by atoms with E-state index in [1.54, 1.807) is 0 Å². The summed E-state index contributed by atoms with van der Waals surface area (Å²) in [5.41, 5.74) is 4.28. The van der Waals surface area contributed by atoms with Gasteiger partial charge in [0, 0.05) is 0 Å². The van der Waals surface area contributed by atoms with Crippen molar-refractivity contribution in [2.24, 2.45) is 0 Å². The number of aliphatic hydroxyl groups is 1. The Balaban J connectivity index is 1.78. The molecule has 1 N–H and O–H groups in total. The van der Waals surface area contributed by atoms with Gasteiger partial charge in [-0.15, -0.1) is 0 Å². The average Bonchev–Trinajstić information content (AvgIpc) is 3.26. The lowest BCUT2D eigenvalue weighted by Crippen LogP contribution is -2.01. The zero-order valence-electron chi connectivity index (χ0n) is 12.0. The van der Waals surface area contributed by atoms with Crippen molar-refractivity contribution in [3.8, 4) is 5.75 Å². The van der Waals surface area contributed by atoms with Gasteiger partial charge < -0.3 is 9.84 Å². The number of hydrogen-bond donors (Lipinski definition) is 1. The third kappa shape index (κ3) is 2.86. The molecule has 3 rings (SSSR count). The van der Waals surface area contributed by atoms with E-state index < -0.39 is 6.10 Å². The van der Waals surface area contributed by atoms with E-state index in [4.69, 9.17) is 4.74 Å². The van der Waals surface area contributed by atoms with Crippen LogP contribution in [-0.4, -0.2) is 11.2 Å². The van der Waals surface area contributed by atoms with Crippen LogP contribution in [0, 0.1) is 13.8 Å². The zero-order valence-corrected chi connectivity index (χ0v) is 12.0. The zero-order chi connectivity index (χ0) is 14.1. The molecule has 0 aliphatic heterocycles. The maximum absolute atomic E-state index is 10.5. The molecule has 1 aliphatic carbocycles. The molecule has 2 aromatic carbocycles. The molecule has 0 heterocycles. The fourth-order valence-electron chi connectivity index (χ4n) is 2.23. The van der Waals surface area contributed by atoms with Crippen LogP contribution in [0.25, 0.3) is 0 Å². The van der Waals surface area contributed by atoms with E-state index >= 15 is 0 Å². The van der Waals surface area contributed by atoms with Crippen LogP contribution < -0.4 is 4.74 Å². The van der Waals surface area contributed by atoms with Crippen LogP contribution in [0.2, 0.25) is 0 Å².